The van der Waals surface area contributed by atoms with Crippen LogP contribution < -0.4 is 5.23 Å². The van der Waals surface area contributed by atoms with Gasteiger partial charge in [0.1, 0.15) is 0 Å². The van der Waals surface area contributed by atoms with Crippen LogP contribution in [0.2, 0.25) is 0 Å². The number of methoxy groups -OCH3 is 1. The Labute approximate surface area is 42.2 Å². The highest BCUT2D eigenvalue weighted by atomic mass is 16.9. The van der Waals surface area contributed by atoms with E-state index in [0.717, 1.165) is 0 Å². The fourth-order valence-corrected chi connectivity index (χ4v) is 0.142. The van der Waals surface area contributed by atoms with Crippen LogP contribution in [0.15, 0.2) is 0 Å². The molecular weight excluding hydrogens is 98.0 g/mol. The second-order valence-corrected chi connectivity index (χ2v) is 1.04. The predicted molar refractivity (Wildman–Crippen MR) is 23.2 cm³/mol. The summed E-state index contributed by atoms with van der Waals surface area (Å²) in [4.78, 5) is 4.33. The molecule has 0 fully saturated rings. The number of quaternary nitrogens is 1. The molecule has 1 unspecified atom stereocenters. The molecule has 7 heavy (non-hydrogen) atoms. The number of hydrogen-bond donors (Lipinski definition) is 1. The Morgan fingerprint density at radius 1 is 1.71 bits per heavy atom. The van der Waals surface area contributed by atoms with Crippen LogP contribution in [0.1, 0.15) is 0 Å². The van der Waals surface area contributed by atoms with Gasteiger partial charge in [-0.25, -0.2) is 5.23 Å². The summed E-state index contributed by atoms with van der Waals surface area (Å²) in [5.74, 6) is 0. The zero-order valence-corrected chi connectivity index (χ0v) is 4.43. The molecule has 0 aromatic heterocycles. The van der Waals surface area contributed by atoms with E-state index in [1.807, 2.05) is 0 Å². The summed E-state index contributed by atoms with van der Waals surface area (Å²) in [6.07, 6.45) is 0. The minimum atomic E-state index is -0.318. The summed E-state index contributed by atoms with van der Waals surface area (Å²) in [7, 11) is 2.79. The molecular formula is C3H9NO3. The van der Waals surface area contributed by atoms with E-state index in [4.69, 9.17) is 0 Å². The number of rotatable bonds is 3. The van der Waals surface area contributed by atoms with Crippen molar-refractivity contribution in [1.29, 1.82) is 0 Å². The molecule has 4 heteroatoms. The standard InChI is InChI=1S/C3H9NO3/c1-4(5)7-3-6-2/h4H,3H2,1-2H3. The summed E-state index contributed by atoms with van der Waals surface area (Å²) >= 11 is 0. The summed E-state index contributed by atoms with van der Waals surface area (Å²) in [5.41, 5.74) is 0. The minimum absolute atomic E-state index is 0.0509. The Balaban J connectivity index is 2.68. The van der Waals surface area contributed by atoms with Gasteiger partial charge in [0.2, 0.25) is 6.79 Å². The van der Waals surface area contributed by atoms with E-state index < -0.39 is 0 Å². The minimum Gasteiger partial charge on any atom is -0.600 e. The van der Waals surface area contributed by atoms with Crippen molar-refractivity contribution in [2.75, 3.05) is 21.0 Å². The van der Waals surface area contributed by atoms with Crippen LogP contribution in [-0.4, -0.2) is 21.0 Å². The lowest BCUT2D eigenvalue weighted by Gasteiger charge is -2.11. The molecule has 0 bridgehead atoms. The monoisotopic (exact) mass is 107 g/mol. The van der Waals surface area contributed by atoms with Crippen molar-refractivity contribution in [3.8, 4) is 0 Å². The molecule has 4 nitrogen and oxygen atoms in total. The molecule has 44 valence electrons. The fraction of sp³-hybridized carbons (Fsp3) is 1.00. The topological polar surface area (TPSA) is 46.0 Å². The van der Waals surface area contributed by atoms with E-state index in [2.05, 4.69) is 9.57 Å². The van der Waals surface area contributed by atoms with E-state index in [-0.39, 0.29) is 12.0 Å². The van der Waals surface area contributed by atoms with Gasteiger partial charge in [-0.3, -0.25) is 0 Å². The molecule has 0 radical (unpaired) electrons. The summed E-state index contributed by atoms with van der Waals surface area (Å²) in [6, 6.07) is 0. The van der Waals surface area contributed by atoms with Gasteiger partial charge in [0.05, 0.1) is 7.05 Å². The fourth-order valence-electron chi connectivity index (χ4n) is 0.142. The molecule has 0 amide bonds. The van der Waals surface area contributed by atoms with Crippen molar-refractivity contribution < 1.29 is 14.8 Å². The number of hydroxylamine groups is 2. The molecule has 0 aliphatic rings. The van der Waals surface area contributed by atoms with E-state index in [0.29, 0.717) is 0 Å². The predicted octanol–water partition coefficient (Wildman–Crippen LogP) is -1.47. The molecule has 0 aliphatic carbocycles. The van der Waals surface area contributed by atoms with Crippen molar-refractivity contribution in [3.63, 3.8) is 0 Å². The van der Waals surface area contributed by atoms with Crippen molar-refractivity contribution in [1.82, 2.24) is 0 Å². The molecule has 0 heterocycles. The van der Waals surface area contributed by atoms with Gasteiger partial charge in [-0.05, 0) is 0 Å². The zero-order chi connectivity index (χ0) is 5.70. The van der Waals surface area contributed by atoms with Crippen molar-refractivity contribution in [3.05, 3.63) is 5.21 Å². The van der Waals surface area contributed by atoms with Crippen LogP contribution in [0.25, 0.3) is 0 Å². The molecule has 0 spiro atoms. The van der Waals surface area contributed by atoms with E-state index >= 15 is 0 Å². The van der Waals surface area contributed by atoms with Gasteiger partial charge >= 0.3 is 0 Å². The SMILES string of the molecule is COCO[NH+](C)[O-]. The number of nitrogens with one attached hydrogen (secondary N) is 1. The van der Waals surface area contributed by atoms with Crippen LogP contribution in [0.3, 0.4) is 0 Å². The van der Waals surface area contributed by atoms with Crippen molar-refractivity contribution in [2.45, 2.75) is 0 Å². The van der Waals surface area contributed by atoms with Gasteiger partial charge < -0.3 is 9.94 Å². The molecule has 0 aromatic carbocycles. The Morgan fingerprint density at radius 3 is 2.43 bits per heavy atom. The third-order valence-electron chi connectivity index (χ3n) is 0.380. The van der Waals surface area contributed by atoms with Crippen LogP contribution in [-0.2, 0) is 9.57 Å². The first-order valence-electron chi connectivity index (χ1n) is 1.89. The highest BCUT2D eigenvalue weighted by Crippen LogP contribution is 1.57. The molecule has 0 saturated heterocycles. The molecule has 0 rings (SSSR count). The maximum absolute atomic E-state index is 9.90. The smallest absolute Gasteiger partial charge is 0.205 e. The van der Waals surface area contributed by atoms with Gasteiger partial charge in [0, 0.05) is 7.11 Å². The van der Waals surface area contributed by atoms with Crippen molar-refractivity contribution in [2.24, 2.45) is 0 Å². The van der Waals surface area contributed by atoms with Gasteiger partial charge in [-0.2, -0.15) is 4.84 Å². The van der Waals surface area contributed by atoms with E-state index in [1.54, 1.807) is 0 Å². The maximum atomic E-state index is 9.90. The van der Waals surface area contributed by atoms with Crippen LogP contribution in [0, 0.1) is 5.21 Å². The third kappa shape index (κ3) is 5.84. The molecule has 0 saturated carbocycles. The largest absolute Gasteiger partial charge is 0.600 e. The van der Waals surface area contributed by atoms with Gasteiger partial charge in [0.15, 0.2) is 0 Å². The van der Waals surface area contributed by atoms with Gasteiger partial charge in [-0.15, -0.1) is 0 Å². The quantitative estimate of drug-likeness (QED) is 0.354. The molecule has 0 aromatic rings. The van der Waals surface area contributed by atoms with Crippen LogP contribution >= 0.6 is 0 Å². The summed E-state index contributed by atoms with van der Waals surface area (Å²) in [6.45, 7) is 0.0509. The highest BCUT2D eigenvalue weighted by Gasteiger charge is 1.81. The van der Waals surface area contributed by atoms with E-state index in [1.165, 1.54) is 14.2 Å². The van der Waals surface area contributed by atoms with Gasteiger partial charge in [0.25, 0.3) is 0 Å². The average molecular weight is 107 g/mol. The lowest BCUT2D eigenvalue weighted by Crippen LogP contribution is -3.02. The Morgan fingerprint density at radius 2 is 2.29 bits per heavy atom. The Bertz CT molecular complexity index is 39.2. The zero-order valence-electron chi connectivity index (χ0n) is 4.43. The summed E-state index contributed by atoms with van der Waals surface area (Å²) in [5, 5.41) is 9.58. The first-order valence-corrected chi connectivity index (χ1v) is 1.89. The molecule has 0 aliphatic heterocycles. The van der Waals surface area contributed by atoms with Gasteiger partial charge in [-0.1, -0.05) is 0 Å². The first kappa shape index (κ1) is 6.84. The lowest BCUT2D eigenvalue weighted by atomic mass is 11.4. The average Bonchev–Trinajstić information content (AvgIpc) is 1.61. The second kappa shape index (κ2) is 4.01. The highest BCUT2D eigenvalue weighted by molar-refractivity contribution is 3.87. The van der Waals surface area contributed by atoms with Crippen LogP contribution in [0.4, 0.5) is 0 Å². The van der Waals surface area contributed by atoms with Crippen molar-refractivity contribution >= 4 is 0 Å². The number of ether oxygens (including phenoxy) is 1. The second-order valence-electron chi connectivity index (χ2n) is 1.04. The first-order chi connectivity index (χ1) is 3.27. The Hall–Kier alpha value is -0.160. The number of hydrogen-bond acceptors (Lipinski definition) is 3. The Kier molecular flexibility index (Phi) is 3.92. The van der Waals surface area contributed by atoms with E-state index in [9.17, 15) is 5.21 Å². The molecule has 1 atom stereocenters. The third-order valence-corrected chi connectivity index (χ3v) is 0.380. The van der Waals surface area contributed by atoms with Crippen LogP contribution in [0.5, 0.6) is 0 Å². The summed E-state index contributed by atoms with van der Waals surface area (Å²) < 4.78 is 4.41. The molecule has 1 N–H and O–H groups in total. The normalized spacial score (nSPS) is 14.1. The maximum Gasteiger partial charge on any atom is 0.205 e. The lowest BCUT2D eigenvalue weighted by molar-refractivity contribution is -1.04.